The lowest BCUT2D eigenvalue weighted by Crippen LogP contribution is -2.37. The number of nitrogens with zero attached hydrogens (tertiary/aromatic N) is 1. The molecule has 0 amide bonds. The summed E-state index contributed by atoms with van der Waals surface area (Å²) in [7, 11) is 1.71. The van der Waals surface area contributed by atoms with E-state index in [1.165, 1.54) is 0 Å². The Morgan fingerprint density at radius 1 is 1.42 bits per heavy atom. The van der Waals surface area contributed by atoms with Crippen molar-refractivity contribution in [1.82, 2.24) is 0 Å². The number of fused-ring (bicyclic) bond motifs is 1. The van der Waals surface area contributed by atoms with Crippen LogP contribution in [0.1, 0.15) is 18.9 Å². The van der Waals surface area contributed by atoms with E-state index in [1.807, 2.05) is 6.07 Å². The van der Waals surface area contributed by atoms with Crippen LogP contribution in [0.4, 0.5) is 5.69 Å². The third-order valence-electron chi connectivity index (χ3n) is 3.16. The van der Waals surface area contributed by atoms with Crippen LogP contribution >= 0.6 is 0 Å². The zero-order valence-corrected chi connectivity index (χ0v) is 11.0. The highest BCUT2D eigenvalue weighted by molar-refractivity contribution is 5.83. The summed E-state index contributed by atoms with van der Waals surface area (Å²) in [4.78, 5) is 13.1. The molecule has 1 aliphatic heterocycles. The molecule has 2 rings (SSSR count). The van der Waals surface area contributed by atoms with Crippen LogP contribution in [0.5, 0.6) is 0 Å². The fraction of sp³-hybridized carbons (Fsp3) is 0.357. The molecular formula is C14H17NO4. The quantitative estimate of drug-likeness (QED) is 0.812. The summed E-state index contributed by atoms with van der Waals surface area (Å²) in [5.74, 6) is -0.509. The lowest BCUT2D eigenvalue weighted by atomic mass is 9.97. The van der Waals surface area contributed by atoms with E-state index in [2.05, 4.69) is 0 Å². The van der Waals surface area contributed by atoms with Gasteiger partial charge in [0.15, 0.2) is 6.23 Å². The number of aliphatic hydroxyl groups is 2. The van der Waals surface area contributed by atoms with Crippen molar-refractivity contribution in [3.63, 3.8) is 0 Å². The molecule has 0 saturated heterocycles. The van der Waals surface area contributed by atoms with Crippen molar-refractivity contribution in [3.8, 4) is 0 Å². The number of rotatable bonds is 3. The average Bonchev–Trinajstić information content (AvgIpc) is 2.41. The molecule has 0 radical (unpaired) electrons. The molecule has 0 saturated carbocycles. The second kappa shape index (κ2) is 5.32. The maximum Gasteiger partial charge on any atom is 0.310 e. The van der Waals surface area contributed by atoms with Crippen molar-refractivity contribution in [1.29, 1.82) is 0 Å². The van der Waals surface area contributed by atoms with E-state index in [4.69, 9.17) is 4.74 Å². The molecule has 0 spiro atoms. The standard InChI is InChI=1S/C14H17NO4/c1-3-19-12(16)8-10-13(17)9-6-4-5-7-11(9)15(2)14(10)18/h4-7,14,17-18H,3,8H2,1-2H3. The van der Waals surface area contributed by atoms with E-state index in [0.717, 1.165) is 5.69 Å². The van der Waals surface area contributed by atoms with Crippen LogP contribution in [0.15, 0.2) is 29.8 Å². The van der Waals surface area contributed by atoms with Gasteiger partial charge in [0.2, 0.25) is 0 Å². The molecule has 2 N–H and O–H groups in total. The van der Waals surface area contributed by atoms with Crippen LogP contribution in [0.2, 0.25) is 0 Å². The molecule has 1 unspecified atom stereocenters. The molecule has 0 aliphatic carbocycles. The molecule has 1 heterocycles. The molecule has 1 aromatic rings. The van der Waals surface area contributed by atoms with Gasteiger partial charge in [0.1, 0.15) is 5.76 Å². The molecule has 19 heavy (non-hydrogen) atoms. The second-order valence-electron chi connectivity index (χ2n) is 4.36. The number of aliphatic hydroxyl groups excluding tert-OH is 2. The summed E-state index contributed by atoms with van der Waals surface area (Å²) in [5.41, 5.74) is 1.59. The van der Waals surface area contributed by atoms with Gasteiger partial charge in [-0.15, -0.1) is 0 Å². The molecule has 1 aliphatic rings. The monoisotopic (exact) mass is 263 g/mol. The Hall–Kier alpha value is -2.01. The smallest absolute Gasteiger partial charge is 0.310 e. The van der Waals surface area contributed by atoms with Crippen molar-refractivity contribution < 1.29 is 19.7 Å². The van der Waals surface area contributed by atoms with Crippen molar-refractivity contribution in [2.24, 2.45) is 0 Å². The van der Waals surface area contributed by atoms with E-state index in [9.17, 15) is 15.0 Å². The fourth-order valence-electron chi connectivity index (χ4n) is 2.18. The van der Waals surface area contributed by atoms with Crippen molar-refractivity contribution in [3.05, 3.63) is 35.4 Å². The fourth-order valence-corrected chi connectivity index (χ4v) is 2.18. The highest BCUT2D eigenvalue weighted by atomic mass is 16.5. The molecule has 5 nitrogen and oxygen atoms in total. The number of ether oxygens (including phenoxy) is 1. The molecule has 1 aromatic carbocycles. The first-order chi connectivity index (χ1) is 9.06. The van der Waals surface area contributed by atoms with Gasteiger partial charge in [0.25, 0.3) is 0 Å². The van der Waals surface area contributed by atoms with Crippen LogP contribution in [0, 0.1) is 0 Å². The highest BCUT2D eigenvalue weighted by Gasteiger charge is 2.30. The van der Waals surface area contributed by atoms with Crippen LogP contribution in [0.25, 0.3) is 5.76 Å². The van der Waals surface area contributed by atoms with Gasteiger partial charge >= 0.3 is 5.97 Å². The third-order valence-corrected chi connectivity index (χ3v) is 3.16. The number of anilines is 1. The zero-order chi connectivity index (χ0) is 14.0. The summed E-state index contributed by atoms with van der Waals surface area (Å²) >= 11 is 0. The Morgan fingerprint density at radius 2 is 2.11 bits per heavy atom. The summed E-state index contributed by atoms with van der Waals surface area (Å²) in [5, 5.41) is 20.4. The largest absolute Gasteiger partial charge is 0.507 e. The first-order valence-electron chi connectivity index (χ1n) is 6.14. The SMILES string of the molecule is CCOC(=O)CC1=C(O)c2ccccc2N(C)C1O. The number of likely N-dealkylation sites (N-methyl/N-ethyl adjacent to an activating group) is 1. The first kappa shape index (κ1) is 13.4. The summed E-state index contributed by atoms with van der Waals surface area (Å²) < 4.78 is 4.85. The minimum Gasteiger partial charge on any atom is -0.507 e. The van der Waals surface area contributed by atoms with E-state index < -0.39 is 12.2 Å². The third kappa shape index (κ3) is 2.42. The van der Waals surface area contributed by atoms with Gasteiger partial charge in [-0.2, -0.15) is 0 Å². The Kier molecular flexibility index (Phi) is 3.76. The van der Waals surface area contributed by atoms with Crippen molar-refractivity contribution >= 4 is 17.4 Å². The minimum absolute atomic E-state index is 0.0470. The van der Waals surface area contributed by atoms with Crippen LogP contribution < -0.4 is 4.90 Å². The predicted molar refractivity (Wildman–Crippen MR) is 71.7 cm³/mol. The average molecular weight is 263 g/mol. The van der Waals surface area contributed by atoms with Crippen LogP contribution in [-0.2, 0) is 9.53 Å². The van der Waals surface area contributed by atoms with Gasteiger partial charge < -0.3 is 19.8 Å². The van der Waals surface area contributed by atoms with Gasteiger partial charge in [0, 0.05) is 23.9 Å². The molecule has 0 fully saturated rings. The molecule has 1 atom stereocenters. The topological polar surface area (TPSA) is 70.0 Å². The number of hydrogen-bond acceptors (Lipinski definition) is 5. The minimum atomic E-state index is -1.03. The van der Waals surface area contributed by atoms with Gasteiger partial charge in [-0.3, -0.25) is 4.79 Å². The van der Waals surface area contributed by atoms with Gasteiger partial charge in [0.05, 0.1) is 13.0 Å². The van der Waals surface area contributed by atoms with Crippen LogP contribution in [-0.4, -0.2) is 36.1 Å². The number of para-hydroxylation sites is 1. The summed E-state index contributed by atoms with van der Waals surface area (Å²) in [6.07, 6.45) is -1.15. The predicted octanol–water partition coefficient (Wildman–Crippen LogP) is 1.68. The van der Waals surface area contributed by atoms with E-state index in [1.54, 1.807) is 37.1 Å². The van der Waals surface area contributed by atoms with Gasteiger partial charge in [-0.1, -0.05) is 12.1 Å². The molecule has 0 bridgehead atoms. The zero-order valence-electron chi connectivity index (χ0n) is 11.0. The molecule has 5 heteroatoms. The number of hydrogen-bond donors (Lipinski definition) is 2. The Balaban J connectivity index is 2.39. The second-order valence-corrected chi connectivity index (χ2v) is 4.36. The molecule has 0 aromatic heterocycles. The Morgan fingerprint density at radius 3 is 2.79 bits per heavy atom. The van der Waals surface area contributed by atoms with Crippen molar-refractivity contribution in [2.45, 2.75) is 19.6 Å². The van der Waals surface area contributed by atoms with Gasteiger partial charge in [-0.05, 0) is 19.1 Å². The van der Waals surface area contributed by atoms with Crippen molar-refractivity contribution in [2.75, 3.05) is 18.6 Å². The summed E-state index contributed by atoms with van der Waals surface area (Å²) in [6.45, 7) is 1.99. The highest BCUT2D eigenvalue weighted by Crippen LogP contribution is 2.36. The van der Waals surface area contributed by atoms with E-state index in [0.29, 0.717) is 5.56 Å². The maximum atomic E-state index is 11.5. The maximum absolute atomic E-state index is 11.5. The first-order valence-corrected chi connectivity index (χ1v) is 6.14. The molecule has 102 valence electrons. The van der Waals surface area contributed by atoms with E-state index >= 15 is 0 Å². The lowest BCUT2D eigenvalue weighted by molar-refractivity contribution is -0.142. The Labute approximate surface area is 111 Å². The number of carbonyl (C=O) groups excluding carboxylic acids is 1. The number of benzene rings is 1. The van der Waals surface area contributed by atoms with E-state index in [-0.39, 0.29) is 24.4 Å². The van der Waals surface area contributed by atoms with Crippen LogP contribution in [0.3, 0.4) is 0 Å². The Bertz CT molecular complexity index is 524. The number of carbonyl (C=O) groups is 1. The summed E-state index contributed by atoms with van der Waals surface area (Å²) in [6, 6.07) is 7.17. The normalized spacial score (nSPS) is 18.3. The van der Waals surface area contributed by atoms with Gasteiger partial charge in [-0.25, -0.2) is 0 Å². The number of esters is 1. The molecular weight excluding hydrogens is 246 g/mol. The lowest BCUT2D eigenvalue weighted by Gasteiger charge is -2.34.